The van der Waals surface area contributed by atoms with Gasteiger partial charge in [-0.05, 0) is 109 Å². The van der Waals surface area contributed by atoms with E-state index in [0.29, 0.717) is 51.4 Å². The highest BCUT2D eigenvalue weighted by atomic mass is 32.1. The van der Waals surface area contributed by atoms with E-state index in [1.165, 1.54) is 39.0 Å². The summed E-state index contributed by atoms with van der Waals surface area (Å²) in [5.74, 6) is -1.67. The SMILES string of the molecule is N[C@@H](Cc1ccccc1)C(=O)N[C@@H](Cc1ccccc1)C(=O)NCCNC(=O)CCCc1ccc(-c2ccc(-c3ccc(-c4ccc(CCCC(=O)NCCNC(=O)[C@H](Cc5ccccc5)NC(=O)[C@@H](N)Cc5ccccc5)s4)s3)s2)s1. The minimum absolute atomic E-state index is 0.0850. The highest BCUT2D eigenvalue weighted by Crippen LogP contribution is 2.43. The van der Waals surface area contributed by atoms with Crippen LogP contribution in [0.3, 0.4) is 0 Å². The molecule has 8 rings (SSSR count). The van der Waals surface area contributed by atoms with Crippen molar-refractivity contribution in [2.45, 2.75) is 88.4 Å². The van der Waals surface area contributed by atoms with Crippen LogP contribution >= 0.6 is 45.3 Å². The van der Waals surface area contributed by atoms with Crippen molar-refractivity contribution in [1.29, 1.82) is 0 Å². The fourth-order valence-electron chi connectivity index (χ4n) is 9.14. The summed E-state index contributed by atoms with van der Waals surface area (Å²) in [5, 5.41) is 17.3. The lowest BCUT2D eigenvalue weighted by Crippen LogP contribution is -2.53. The molecule has 14 nitrogen and oxygen atoms in total. The molecule has 0 saturated carbocycles. The summed E-state index contributed by atoms with van der Waals surface area (Å²) in [6.07, 6.45) is 4.96. The Kier molecular flexibility index (Phi) is 23.3. The van der Waals surface area contributed by atoms with E-state index in [9.17, 15) is 28.8 Å². The second kappa shape index (κ2) is 31.6. The lowest BCUT2D eigenvalue weighted by atomic mass is 10.0. The van der Waals surface area contributed by atoms with Crippen LogP contribution in [0, 0.1) is 0 Å². The Hall–Kier alpha value is -7.58. The topological polar surface area (TPSA) is 227 Å². The highest BCUT2D eigenvalue weighted by Gasteiger charge is 2.26. The number of rotatable bonds is 31. The summed E-state index contributed by atoms with van der Waals surface area (Å²) >= 11 is 7.02. The average molecular weight is 1180 g/mol. The fraction of sp³-hybridized carbons (Fsp3) is 0.281. The third kappa shape index (κ3) is 19.3. The second-order valence-electron chi connectivity index (χ2n) is 19.9. The number of hydrogen-bond donors (Lipinski definition) is 8. The number of amides is 6. The zero-order valence-electron chi connectivity index (χ0n) is 45.6. The first-order chi connectivity index (χ1) is 39.9. The first kappa shape index (κ1) is 60.5. The first-order valence-electron chi connectivity index (χ1n) is 27.7. The normalized spacial score (nSPS) is 12.6. The van der Waals surface area contributed by atoms with E-state index in [1.807, 2.05) is 121 Å². The van der Waals surface area contributed by atoms with E-state index in [-0.39, 0.29) is 49.8 Å². The molecular formula is C64H70N8O6S4. The molecule has 0 radical (unpaired) electrons. The Morgan fingerprint density at radius 1 is 0.341 bits per heavy atom. The molecule has 10 N–H and O–H groups in total. The lowest BCUT2D eigenvalue weighted by molar-refractivity contribution is -0.129. The molecule has 6 amide bonds. The van der Waals surface area contributed by atoms with Gasteiger partial charge in [0.15, 0.2) is 0 Å². The van der Waals surface area contributed by atoms with Gasteiger partial charge in [-0.25, -0.2) is 0 Å². The molecule has 0 fully saturated rings. The lowest BCUT2D eigenvalue weighted by Gasteiger charge is -2.21. The number of benzene rings is 4. The molecule has 82 heavy (non-hydrogen) atoms. The summed E-state index contributed by atoms with van der Waals surface area (Å²) in [7, 11) is 0. The number of hydrogen-bond acceptors (Lipinski definition) is 12. The number of carbonyl (C=O) groups excluding carboxylic acids is 6. The van der Waals surface area contributed by atoms with Crippen molar-refractivity contribution in [1.82, 2.24) is 31.9 Å². The molecule has 4 atom stereocenters. The molecule has 4 aromatic heterocycles. The molecule has 18 heteroatoms. The maximum Gasteiger partial charge on any atom is 0.242 e. The fourth-order valence-corrected chi connectivity index (χ4v) is 13.5. The Labute approximate surface area is 495 Å². The Morgan fingerprint density at radius 3 is 0.976 bits per heavy atom. The number of thiophene rings is 4. The quantitative estimate of drug-likeness (QED) is 0.0196. The summed E-state index contributed by atoms with van der Waals surface area (Å²) in [6.45, 7) is 0.964. The number of carbonyl (C=O) groups is 6. The van der Waals surface area contributed by atoms with E-state index < -0.39 is 36.0 Å². The first-order valence-corrected chi connectivity index (χ1v) is 30.9. The van der Waals surface area contributed by atoms with Gasteiger partial charge in [-0.15, -0.1) is 45.3 Å². The molecule has 0 saturated heterocycles. The van der Waals surface area contributed by atoms with Crippen LogP contribution < -0.4 is 43.4 Å². The van der Waals surface area contributed by atoms with Crippen LogP contribution in [-0.2, 0) is 67.3 Å². The minimum atomic E-state index is -0.829. The summed E-state index contributed by atoms with van der Waals surface area (Å²) in [6, 6.07) is 52.0. The zero-order valence-corrected chi connectivity index (χ0v) is 48.9. The highest BCUT2D eigenvalue weighted by molar-refractivity contribution is 7.28. The van der Waals surface area contributed by atoms with Crippen molar-refractivity contribution in [3.63, 3.8) is 0 Å². The Morgan fingerprint density at radius 2 is 0.634 bits per heavy atom. The van der Waals surface area contributed by atoms with Crippen molar-refractivity contribution >= 4 is 80.8 Å². The van der Waals surface area contributed by atoms with Gasteiger partial charge < -0.3 is 43.4 Å². The van der Waals surface area contributed by atoms with Crippen LogP contribution in [0.2, 0.25) is 0 Å². The van der Waals surface area contributed by atoms with Crippen LogP contribution in [0.25, 0.3) is 29.3 Å². The maximum atomic E-state index is 13.3. The van der Waals surface area contributed by atoms with Crippen LogP contribution in [0.15, 0.2) is 170 Å². The van der Waals surface area contributed by atoms with Crippen molar-refractivity contribution in [3.8, 4) is 29.3 Å². The maximum absolute atomic E-state index is 13.3. The largest absolute Gasteiger partial charge is 0.354 e. The summed E-state index contributed by atoms with van der Waals surface area (Å²) in [4.78, 5) is 88.0. The molecule has 0 aliphatic rings. The Bertz CT molecular complexity index is 3090. The van der Waals surface area contributed by atoms with Gasteiger partial charge in [-0.1, -0.05) is 121 Å². The third-order valence-electron chi connectivity index (χ3n) is 13.5. The van der Waals surface area contributed by atoms with E-state index in [1.54, 1.807) is 45.3 Å². The smallest absolute Gasteiger partial charge is 0.242 e. The molecule has 0 bridgehead atoms. The molecule has 0 aliphatic carbocycles. The molecule has 426 valence electrons. The van der Waals surface area contributed by atoms with Crippen molar-refractivity contribution in [2.24, 2.45) is 11.5 Å². The molecule has 8 aromatic rings. The van der Waals surface area contributed by atoms with Crippen LogP contribution in [-0.4, -0.2) is 85.8 Å². The van der Waals surface area contributed by atoms with Gasteiger partial charge in [0.25, 0.3) is 0 Å². The minimum Gasteiger partial charge on any atom is -0.354 e. The summed E-state index contributed by atoms with van der Waals surface area (Å²) in [5.41, 5.74) is 16.1. The van der Waals surface area contributed by atoms with Gasteiger partial charge in [0, 0.05) is 90.9 Å². The Balaban J connectivity index is 0.708. The molecule has 0 spiro atoms. The van der Waals surface area contributed by atoms with E-state index in [0.717, 1.165) is 35.1 Å². The van der Waals surface area contributed by atoms with E-state index in [4.69, 9.17) is 11.5 Å². The average Bonchev–Trinajstić information content (AvgIpc) is 4.48. The predicted molar refractivity (Wildman–Crippen MR) is 333 cm³/mol. The molecule has 0 aliphatic heterocycles. The monoisotopic (exact) mass is 1170 g/mol. The molecular weight excluding hydrogens is 1110 g/mol. The van der Waals surface area contributed by atoms with Gasteiger partial charge in [-0.2, -0.15) is 0 Å². The number of nitrogens with one attached hydrogen (secondary N) is 6. The van der Waals surface area contributed by atoms with E-state index >= 15 is 0 Å². The zero-order chi connectivity index (χ0) is 57.5. The molecule has 4 heterocycles. The van der Waals surface area contributed by atoms with E-state index in [2.05, 4.69) is 80.4 Å². The van der Waals surface area contributed by atoms with Gasteiger partial charge in [-0.3, -0.25) is 28.8 Å². The standard InChI is InChI=1S/C64H70N8O6S4/c65-49(39-43-15-5-1-6-16-43)61(75)71-51(41-45-19-9-3-10-20-45)63(77)69-37-35-67-59(73)25-13-23-47-27-29-53(79-47)55-31-33-57(81-55)58-34-32-56(82-58)54-30-28-48(80-54)24-14-26-60(74)68-36-38-70-64(78)52(42-46-21-11-4-12-22-46)72-62(76)50(66)40-44-17-7-2-8-18-44/h1-12,15-22,27-34,49-52H,13-14,23-26,35-42,65-66H2,(H,67,73)(H,68,74)(H,69,77)(H,70,78)(H,71,75)(H,72,76)/t49-,50-,51-,52-/m0/s1. The van der Waals surface area contributed by atoms with Gasteiger partial charge in [0.2, 0.25) is 35.4 Å². The molecule has 0 unspecified atom stereocenters. The second-order valence-corrected chi connectivity index (χ2v) is 24.4. The number of nitrogens with two attached hydrogens (primary N) is 2. The van der Waals surface area contributed by atoms with Gasteiger partial charge in [0.05, 0.1) is 12.1 Å². The third-order valence-corrected chi connectivity index (χ3v) is 18.6. The molecule has 4 aromatic carbocycles. The van der Waals surface area contributed by atoms with Crippen LogP contribution in [0.1, 0.15) is 57.7 Å². The summed E-state index contributed by atoms with van der Waals surface area (Å²) < 4.78 is 0. The van der Waals surface area contributed by atoms with Crippen molar-refractivity contribution in [3.05, 3.63) is 202 Å². The van der Waals surface area contributed by atoms with Gasteiger partial charge >= 0.3 is 0 Å². The number of aryl methyl sites for hydroxylation is 2. The van der Waals surface area contributed by atoms with Crippen LogP contribution in [0.5, 0.6) is 0 Å². The van der Waals surface area contributed by atoms with Gasteiger partial charge in [0.1, 0.15) is 12.1 Å². The van der Waals surface area contributed by atoms with Crippen LogP contribution in [0.4, 0.5) is 0 Å². The predicted octanol–water partition coefficient (Wildman–Crippen LogP) is 8.64. The van der Waals surface area contributed by atoms with Crippen molar-refractivity contribution in [2.75, 3.05) is 26.2 Å². The van der Waals surface area contributed by atoms with Crippen molar-refractivity contribution < 1.29 is 28.8 Å².